The molecular formula is C25H23FN2O4. The molecule has 164 valence electrons. The van der Waals surface area contributed by atoms with Crippen LogP contribution in [0.25, 0.3) is 11.3 Å². The smallest absolute Gasteiger partial charge is 0.410 e. The van der Waals surface area contributed by atoms with Crippen molar-refractivity contribution in [1.82, 2.24) is 9.88 Å². The monoisotopic (exact) mass is 434 g/mol. The van der Waals surface area contributed by atoms with Gasteiger partial charge in [-0.25, -0.2) is 14.2 Å². The third-order valence-electron chi connectivity index (χ3n) is 6.02. The number of ether oxygens (including phenoxy) is 2. The lowest BCUT2D eigenvalue weighted by molar-refractivity contribution is 0.0945. The van der Waals surface area contributed by atoms with Crippen molar-refractivity contribution in [3.05, 3.63) is 83.7 Å². The number of carbonyl (C=O) groups excluding carboxylic acids is 1. The molecule has 3 atom stereocenters. The number of rotatable bonds is 6. The molecular weight excluding hydrogens is 411 g/mol. The van der Waals surface area contributed by atoms with Gasteiger partial charge in [0.15, 0.2) is 0 Å². The van der Waals surface area contributed by atoms with Gasteiger partial charge in [0.25, 0.3) is 0 Å². The summed E-state index contributed by atoms with van der Waals surface area (Å²) in [4.78, 5) is 18.6. The van der Waals surface area contributed by atoms with Gasteiger partial charge in [0.1, 0.15) is 18.5 Å². The molecule has 6 nitrogen and oxygen atoms in total. The van der Waals surface area contributed by atoms with Gasteiger partial charge < -0.3 is 19.5 Å². The van der Waals surface area contributed by atoms with Crippen LogP contribution in [-0.2, 0) is 18.0 Å². The molecule has 1 saturated carbocycles. The fourth-order valence-corrected chi connectivity index (χ4v) is 4.23. The average Bonchev–Trinajstić information content (AvgIpc) is 3.25. The van der Waals surface area contributed by atoms with Crippen LogP contribution < -0.4 is 4.74 Å². The second-order valence-electron chi connectivity index (χ2n) is 8.22. The number of aromatic nitrogens is 1. The number of likely N-dealkylation sites (tertiary alicyclic amines) is 1. The van der Waals surface area contributed by atoms with Crippen LogP contribution in [0.3, 0.4) is 0 Å². The molecule has 7 heteroatoms. The molecule has 1 amide bonds. The van der Waals surface area contributed by atoms with Crippen molar-refractivity contribution in [2.45, 2.75) is 19.3 Å². The lowest BCUT2D eigenvalue weighted by atomic mass is 10.1. The highest BCUT2D eigenvalue weighted by Crippen LogP contribution is 2.48. The predicted molar refractivity (Wildman–Crippen MR) is 115 cm³/mol. The number of carbonyl (C=O) groups is 1. The van der Waals surface area contributed by atoms with E-state index in [4.69, 9.17) is 9.47 Å². The lowest BCUT2D eigenvalue weighted by Crippen LogP contribution is -2.33. The van der Waals surface area contributed by atoms with Gasteiger partial charge in [0.2, 0.25) is 5.88 Å². The molecule has 0 bridgehead atoms. The topological polar surface area (TPSA) is 71.9 Å². The number of halogens is 1. The Kier molecular flexibility index (Phi) is 5.49. The zero-order valence-electron chi connectivity index (χ0n) is 17.4. The molecule has 1 aromatic heterocycles. The molecule has 1 N–H and O–H groups in total. The van der Waals surface area contributed by atoms with Gasteiger partial charge in [-0.3, -0.25) is 0 Å². The van der Waals surface area contributed by atoms with Gasteiger partial charge in [-0.05, 0) is 41.5 Å². The van der Waals surface area contributed by atoms with Gasteiger partial charge >= 0.3 is 6.09 Å². The van der Waals surface area contributed by atoms with E-state index in [1.165, 1.54) is 12.1 Å². The van der Waals surface area contributed by atoms with Crippen LogP contribution in [0.5, 0.6) is 5.88 Å². The zero-order chi connectivity index (χ0) is 22.1. The van der Waals surface area contributed by atoms with E-state index in [1.54, 1.807) is 29.2 Å². The quantitative estimate of drug-likeness (QED) is 0.634. The van der Waals surface area contributed by atoms with Crippen LogP contribution in [0.1, 0.15) is 11.1 Å². The molecule has 1 aliphatic heterocycles. The first-order valence-electron chi connectivity index (χ1n) is 10.6. The maximum absolute atomic E-state index is 13.2. The van der Waals surface area contributed by atoms with Crippen molar-refractivity contribution in [3.8, 4) is 17.1 Å². The lowest BCUT2D eigenvalue weighted by Gasteiger charge is -2.20. The van der Waals surface area contributed by atoms with Crippen LogP contribution in [0, 0.1) is 17.7 Å². The number of aliphatic hydroxyl groups is 1. The molecule has 1 unspecified atom stereocenters. The van der Waals surface area contributed by atoms with Crippen molar-refractivity contribution in [2.24, 2.45) is 11.8 Å². The van der Waals surface area contributed by atoms with Gasteiger partial charge in [-0.15, -0.1) is 0 Å². The zero-order valence-corrected chi connectivity index (χ0v) is 17.4. The molecule has 32 heavy (non-hydrogen) atoms. The van der Waals surface area contributed by atoms with Crippen LogP contribution in [0.2, 0.25) is 0 Å². The number of fused-ring (bicyclic) bond motifs is 1. The van der Waals surface area contributed by atoms with Crippen molar-refractivity contribution < 1.29 is 23.8 Å². The number of piperidine rings is 1. The van der Waals surface area contributed by atoms with E-state index >= 15 is 0 Å². The molecule has 0 spiro atoms. The van der Waals surface area contributed by atoms with Crippen LogP contribution in [0.15, 0.2) is 66.7 Å². The summed E-state index contributed by atoms with van der Waals surface area (Å²) in [6, 6.07) is 19.1. The van der Waals surface area contributed by atoms with E-state index in [1.807, 2.05) is 30.3 Å². The van der Waals surface area contributed by atoms with Crippen molar-refractivity contribution in [3.63, 3.8) is 0 Å². The second-order valence-corrected chi connectivity index (χ2v) is 8.22. The molecule has 5 rings (SSSR count). The van der Waals surface area contributed by atoms with Crippen LogP contribution in [0.4, 0.5) is 9.18 Å². The molecule has 1 saturated heterocycles. The van der Waals surface area contributed by atoms with Crippen LogP contribution >= 0.6 is 0 Å². The Morgan fingerprint density at radius 1 is 1.03 bits per heavy atom. The summed E-state index contributed by atoms with van der Waals surface area (Å²) in [6.07, 6.45) is -0.325. The summed E-state index contributed by atoms with van der Waals surface area (Å²) in [5.74, 6) is 0.593. The average molecular weight is 434 g/mol. The van der Waals surface area contributed by atoms with Gasteiger partial charge in [0, 0.05) is 36.6 Å². The van der Waals surface area contributed by atoms with Gasteiger partial charge in [0.05, 0.1) is 12.3 Å². The molecule has 1 aliphatic carbocycles. The Bertz CT molecular complexity index is 1090. The predicted octanol–water partition coefficient (Wildman–Crippen LogP) is 4.03. The van der Waals surface area contributed by atoms with Gasteiger partial charge in [-0.2, -0.15) is 0 Å². The Morgan fingerprint density at radius 2 is 1.75 bits per heavy atom. The summed E-state index contributed by atoms with van der Waals surface area (Å²) in [5, 5.41) is 9.62. The minimum atomic E-state index is -0.318. The van der Waals surface area contributed by atoms with E-state index in [2.05, 4.69) is 4.98 Å². The van der Waals surface area contributed by atoms with Crippen molar-refractivity contribution in [2.75, 3.05) is 13.1 Å². The highest BCUT2D eigenvalue weighted by molar-refractivity contribution is 5.68. The van der Waals surface area contributed by atoms with E-state index in [-0.39, 0.29) is 43.1 Å². The third kappa shape index (κ3) is 4.29. The fraction of sp³-hybridized carbons (Fsp3) is 0.280. The van der Waals surface area contributed by atoms with Crippen molar-refractivity contribution >= 4 is 6.09 Å². The van der Waals surface area contributed by atoms with E-state index in [9.17, 15) is 14.3 Å². The SMILES string of the molecule is O=C(OCc1ccccc1)N1C[C@@H]2C(Oc3cc(CO)cc(-c4ccc(F)cc4)n3)[C@@H]2C1. The Balaban J connectivity index is 1.19. The molecule has 2 aliphatic rings. The highest BCUT2D eigenvalue weighted by Gasteiger charge is 2.59. The van der Waals surface area contributed by atoms with Gasteiger partial charge in [-0.1, -0.05) is 30.3 Å². The van der Waals surface area contributed by atoms with Crippen LogP contribution in [-0.4, -0.2) is 40.3 Å². The Hall–Kier alpha value is -3.45. The highest BCUT2D eigenvalue weighted by atomic mass is 19.1. The first-order valence-corrected chi connectivity index (χ1v) is 10.6. The summed E-state index contributed by atoms with van der Waals surface area (Å²) in [6.45, 7) is 1.29. The number of hydrogen-bond donors (Lipinski definition) is 1. The summed E-state index contributed by atoms with van der Waals surface area (Å²) >= 11 is 0. The second kappa shape index (κ2) is 8.59. The number of pyridine rings is 1. The maximum Gasteiger partial charge on any atom is 0.410 e. The minimum Gasteiger partial charge on any atom is -0.474 e. The van der Waals surface area contributed by atoms with E-state index in [0.717, 1.165) is 11.1 Å². The summed E-state index contributed by atoms with van der Waals surface area (Å²) in [5.41, 5.74) is 2.99. The molecule has 2 fully saturated rings. The number of nitrogens with zero attached hydrogens (tertiary/aromatic N) is 2. The molecule has 3 aromatic rings. The number of amides is 1. The Morgan fingerprint density at radius 3 is 2.44 bits per heavy atom. The summed E-state index contributed by atoms with van der Waals surface area (Å²) < 4.78 is 24.8. The minimum absolute atomic E-state index is 0.0179. The fourth-order valence-electron chi connectivity index (χ4n) is 4.23. The standard InChI is InChI=1S/C25H23FN2O4/c26-19-8-6-18(7-9-19)22-10-17(14-29)11-23(27-22)32-24-20-12-28(13-21(20)24)25(30)31-15-16-4-2-1-3-5-16/h1-11,20-21,24,29H,12-15H2/t20-,21+,24?. The third-order valence-corrected chi connectivity index (χ3v) is 6.02. The normalized spacial score (nSPS) is 21.2. The Labute approximate surface area is 185 Å². The van der Waals surface area contributed by atoms with E-state index < -0.39 is 0 Å². The van der Waals surface area contributed by atoms with E-state index in [0.29, 0.717) is 30.2 Å². The number of hydrogen-bond acceptors (Lipinski definition) is 5. The summed E-state index contributed by atoms with van der Waals surface area (Å²) in [7, 11) is 0. The number of benzene rings is 2. The molecule has 2 heterocycles. The largest absolute Gasteiger partial charge is 0.474 e. The first-order chi connectivity index (χ1) is 15.6. The number of aliphatic hydroxyl groups excluding tert-OH is 1. The first kappa shape index (κ1) is 20.5. The maximum atomic E-state index is 13.2. The van der Waals surface area contributed by atoms with Crippen molar-refractivity contribution in [1.29, 1.82) is 0 Å². The molecule has 2 aromatic carbocycles. The molecule has 0 radical (unpaired) electrons.